The fourth-order valence-corrected chi connectivity index (χ4v) is 4.04. The number of nitrogens with zero attached hydrogens (tertiary/aromatic N) is 1. The summed E-state index contributed by atoms with van der Waals surface area (Å²) in [6.07, 6.45) is 0. The number of halogens is 1. The van der Waals surface area contributed by atoms with Gasteiger partial charge in [-0.1, -0.05) is 22.0 Å². The monoisotopic (exact) mass is 451 g/mol. The molecule has 0 aliphatic carbocycles. The van der Waals surface area contributed by atoms with Crippen LogP contribution in [-0.2, 0) is 9.53 Å². The molecule has 144 valence electrons. The first-order valence-electron chi connectivity index (χ1n) is 8.79. The van der Waals surface area contributed by atoms with Crippen LogP contribution < -0.4 is 10.6 Å². The number of ether oxygens (including phenoxy) is 1. The first-order chi connectivity index (χ1) is 13.1. The van der Waals surface area contributed by atoms with E-state index in [1.165, 1.54) is 4.88 Å². The summed E-state index contributed by atoms with van der Waals surface area (Å²) in [6.45, 7) is 3.57. The van der Waals surface area contributed by atoms with Gasteiger partial charge in [-0.15, -0.1) is 11.3 Å². The Bertz CT molecular complexity index is 746. The number of hydrogen-bond acceptors (Lipinski definition) is 5. The third-order valence-corrected chi connectivity index (χ3v) is 5.87. The Labute approximate surface area is 171 Å². The maximum atomic E-state index is 12.2. The molecule has 2 aromatic rings. The second kappa shape index (κ2) is 9.98. The van der Waals surface area contributed by atoms with E-state index in [-0.39, 0.29) is 24.4 Å². The lowest BCUT2D eigenvalue weighted by atomic mass is 10.2. The van der Waals surface area contributed by atoms with Crippen molar-refractivity contribution in [3.05, 3.63) is 56.7 Å². The first kappa shape index (κ1) is 20.0. The third-order valence-electron chi connectivity index (χ3n) is 4.37. The van der Waals surface area contributed by atoms with E-state index in [9.17, 15) is 9.59 Å². The Balaban J connectivity index is 1.50. The van der Waals surface area contributed by atoms with Crippen molar-refractivity contribution in [2.24, 2.45) is 0 Å². The van der Waals surface area contributed by atoms with Crippen molar-refractivity contribution in [2.45, 2.75) is 6.04 Å². The lowest BCUT2D eigenvalue weighted by Gasteiger charge is -2.34. The van der Waals surface area contributed by atoms with Gasteiger partial charge in [0.2, 0.25) is 5.91 Å². The minimum absolute atomic E-state index is 0.0465. The summed E-state index contributed by atoms with van der Waals surface area (Å²) in [5, 5.41) is 7.65. The van der Waals surface area contributed by atoms with Crippen LogP contribution in [-0.4, -0.2) is 56.1 Å². The molecule has 3 rings (SSSR count). The Morgan fingerprint density at radius 2 is 1.89 bits per heavy atom. The van der Waals surface area contributed by atoms with Crippen molar-refractivity contribution in [1.29, 1.82) is 0 Å². The molecule has 0 radical (unpaired) electrons. The number of thiophene rings is 1. The molecule has 1 aliphatic heterocycles. The van der Waals surface area contributed by atoms with E-state index in [0.717, 1.165) is 17.6 Å². The van der Waals surface area contributed by atoms with Gasteiger partial charge in [0.25, 0.3) is 5.91 Å². The highest BCUT2D eigenvalue weighted by Crippen LogP contribution is 2.25. The van der Waals surface area contributed by atoms with E-state index < -0.39 is 0 Å². The van der Waals surface area contributed by atoms with Gasteiger partial charge in [-0.3, -0.25) is 14.5 Å². The molecule has 27 heavy (non-hydrogen) atoms. The van der Waals surface area contributed by atoms with Gasteiger partial charge in [0.1, 0.15) is 0 Å². The smallest absolute Gasteiger partial charge is 0.251 e. The highest BCUT2D eigenvalue weighted by Gasteiger charge is 2.24. The van der Waals surface area contributed by atoms with E-state index in [4.69, 9.17) is 4.74 Å². The van der Waals surface area contributed by atoms with Crippen molar-refractivity contribution in [2.75, 3.05) is 39.4 Å². The number of morpholine rings is 1. The fraction of sp³-hybridized carbons (Fsp3) is 0.368. The molecule has 2 amide bonds. The van der Waals surface area contributed by atoms with E-state index >= 15 is 0 Å². The molecule has 1 aliphatic rings. The lowest BCUT2D eigenvalue weighted by molar-refractivity contribution is -0.120. The summed E-state index contributed by atoms with van der Waals surface area (Å²) in [4.78, 5) is 27.9. The average Bonchev–Trinajstić information content (AvgIpc) is 3.22. The standard InChI is InChI=1S/C19H22BrN3O3S/c20-15-5-3-14(4-6-15)19(25)22-13-18(24)21-12-16(17-2-1-11-27-17)23-7-9-26-10-8-23/h1-6,11,16H,7-10,12-13H2,(H,21,24)(H,22,25). The van der Waals surface area contributed by atoms with Gasteiger partial charge in [-0.2, -0.15) is 0 Å². The van der Waals surface area contributed by atoms with Crippen LogP contribution in [0.4, 0.5) is 0 Å². The summed E-state index contributed by atoms with van der Waals surface area (Å²) in [5.74, 6) is -0.462. The highest BCUT2D eigenvalue weighted by molar-refractivity contribution is 9.10. The molecular formula is C19H22BrN3O3S. The van der Waals surface area contributed by atoms with Crippen LogP contribution >= 0.6 is 27.3 Å². The SMILES string of the molecule is O=C(CNC(=O)c1ccc(Br)cc1)NCC(c1cccs1)N1CCOCC1. The molecule has 8 heteroatoms. The van der Waals surface area contributed by atoms with Gasteiger partial charge in [-0.05, 0) is 35.7 Å². The van der Waals surface area contributed by atoms with Crippen LogP contribution in [0.2, 0.25) is 0 Å². The maximum Gasteiger partial charge on any atom is 0.251 e. The molecule has 0 bridgehead atoms. The number of rotatable bonds is 7. The van der Waals surface area contributed by atoms with Crippen LogP contribution in [0.25, 0.3) is 0 Å². The van der Waals surface area contributed by atoms with E-state index in [1.807, 2.05) is 11.4 Å². The molecule has 0 saturated carbocycles. The number of carbonyl (C=O) groups is 2. The van der Waals surface area contributed by atoms with Crippen molar-refractivity contribution < 1.29 is 14.3 Å². The van der Waals surface area contributed by atoms with Gasteiger partial charge < -0.3 is 15.4 Å². The molecular weight excluding hydrogens is 430 g/mol. The van der Waals surface area contributed by atoms with Gasteiger partial charge in [0, 0.05) is 34.5 Å². The van der Waals surface area contributed by atoms with Crippen molar-refractivity contribution in [3.63, 3.8) is 0 Å². The summed E-state index contributed by atoms with van der Waals surface area (Å²) in [5.41, 5.74) is 0.524. The minimum Gasteiger partial charge on any atom is -0.379 e. The van der Waals surface area contributed by atoms with E-state index in [2.05, 4.69) is 37.5 Å². The van der Waals surface area contributed by atoms with Crippen molar-refractivity contribution in [3.8, 4) is 0 Å². The predicted molar refractivity (Wildman–Crippen MR) is 109 cm³/mol. The number of nitrogens with one attached hydrogen (secondary N) is 2. The Hall–Kier alpha value is -1.74. The Kier molecular flexibility index (Phi) is 7.40. The summed E-state index contributed by atoms with van der Waals surface area (Å²) in [6, 6.07) is 11.2. The number of hydrogen-bond donors (Lipinski definition) is 2. The zero-order chi connectivity index (χ0) is 19.1. The highest BCUT2D eigenvalue weighted by atomic mass is 79.9. The van der Waals surface area contributed by atoms with Gasteiger partial charge in [0.15, 0.2) is 0 Å². The Morgan fingerprint density at radius 3 is 2.56 bits per heavy atom. The van der Waals surface area contributed by atoms with Crippen LogP contribution in [0.1, 0.15) is 21.3 Å². The summed E-state index contributed by atoms with van der Waals surface area (Å²) >= 11 is 5.02. The Morgan fingerprint density at radius 1 is 1.15 bits per heavy atom. The molecule has 0 spiro atoms. The van der Waals surface area contributed by atoms with Crippen molar-refractivity contribution in [1.82, 2.24) is 15.5 Å². The fourth-order valence-electron chi connectivity index (χ4n) is 2.92. The van der Waals surface area contributed by atoms with Crippen LogP contribution in [0.3, 0.4) is 0 Å². The summed E-state index contributed by atoms with van der Waals surface area (Å²) < 4.78 is 6.33. The predicted octanol–water partition coefficient (Wildman–Crippen LogP) is 2.43. The second-order valence-electron chi connectivity index (χ2n) is 6.17. The number of amides is 2. The van der Waals surface area contributed by atoms with Gasteiger partial charge >= 0.3 is 0 Å². The van der Waals surface area contributed by atoms with Crippen LogP contribution in [0.15, 0.2) is 46.3 Å². The zero-order valence-electron chi connectivity index (χ0n) is 14.8. The van der Waals surface area contributed by atoms with Crippen molar-refractivity contribution >= 4 is 39.1 Å². The van der Waals surface area contributed by atoms with Crippen LogP contribution in [0, 0.1) is 0 Å². The molecule has 6 nitrogen and oxygen atoms in total. The molecule has 1 fully saturated rings. The first-order valence-corrected chi connectivity index (χ1v) is 10.5. The molecule has 2 N–H and O–H groups in total. The normalized spacial score (nSPS) is 15.9. The van der Waals surface area contributed by atoms with E-state index in [0.29, 0.717) is 25.3 Å². The quantitative estimate of drug-likeness (QED) is 0.677. The number of carbonyl (C=O) groups excluding carboxylic acids is 2. The largest absolute Gasteiger partial charge is 0.379 e. The molecule has 1 unspecified atom stereocenters. The van der Waals surface area contributed by atoms with Crippen LogP contribution in [0.5, 0.6) is 0 Å². The molecule has 1 saturated heterocycles. The zero-order valence-corrected chi connectivity index (χ0v) is 17.2. The minimum atomic E-state index is -0.263. The topological polar surface area (TPSA) is 70.7 Å². The molecule has 2 heterocycles. The molecule has 1 aromatic carbocycles. The molecule has 1 aromatic heterocycles. The van der Waals surface area contributed by atoms with Gasteiger partial charge in [-0.25, -0.2) is 0 Å². The summed E-state index contributed by atoms with van der Waals surface area (Å²) in [7, 11) is 0. The van der Waals surface area contributed by atoms with Gasteiger partial charge in [0.05, 0.1) is 25.8 Å². The lowest BCUT2D eigenvalue weighted by Crippen LogP contribution is -2.45. The van der Waals surface area contributed by atoms with E-state index in [1.54, 1.807) is 35.6 Å². The average molecular weight is 452 g/mol. The third kappa shape index (κ3) is 5.87. The number of benzene rings is 1. The second-order valence-corrected chi connectivity index (χ2v) is 8.07. The molecule has 1 atom stereocenters. The maximum absolute atomic E-state index is 12.2.